The van der Waals surface area contributed by atoms with Crippen LogP contribution in [0, 0.1) is 31.3 Å². The van der Waals surface area contributed by atoms with Crippen LogP contribution in [0.1, 0.15) is 29.2 Å². The van der Waals surface area contributed by atoms with Gasteiger partial charge in [0, 0.05) is 10.5 Å². The van der Waals surface area contributed by atoms with Gasteiger partial charge in [0.05, 0.1) is 0 Å². The molecule has 0 saturated heterocycles. The fourth-order valence-electron chi connectivity index (χ4n) is 1.16. The van der Waals surface area contributed by atoms with Crippen LogP contribution in [0.25, 0.3) is 0 Å². The quantitative estimate of drug-likeness (QED) is 0.734. The zero-order valence-electron chi connectivity index (χ0n) is 9.94. The predicted octanol–water partition coefficient (Wildman–Crippen LogP) is 3.02. The van der Waals surface area contributed by atoms with Crippen molar-refractivity contribution in [2.24, 2.45) is 5.73 Å². The first-order valence-electron chi connectivity index (χ1n) is 4.76. The van der Waals surface area contributed by atoms with Gasteiger partial charge >= 0.3 is 0 Å². The van der Waals surface area contributed by atoms with Crippen molar-refractivity contribution in [1.82, 2.24) is 0 Å². The lowest BCUT2D eigenvalue weighted by atomic mass is 10.0. The number of rotatable bonds is 0. The summed E-state index contributed by atoms with van der Waals surface area (Å²) >= 11 is 2.39. The third kappa shape index (κ3) is 4.64. The highest BCUT2D eigenvalue weighted by molar-refractivity contribution is 14.1. The van der Waals surface area contributed by atoms with Crippen molar-refractivity contribution in [3.63, 3.8) is 0 Å². The summed E-state index contributed by atoms with van der Waals surface area (Å²) in [5.74, 6) is -0.333. The van der Waals surface area contributed by atoms with Crippen LogP contribution in [-0.2, 0) is 4.79 Å². The van der Waals surface area contributed by atoms with Crippen LogP contribution in [0.2, 0.25) is 0 Å². The summed E-state index contributed by atoms with van der Waals surface area (Å²) in [6.07, 6.45) is 0. The van der Waals surface area contributed by atoms with Crippen molar-refractivity contribution in [3.05, 3.63) is 31.9 Å². The van der Waals surface area contributed by atoms with E-state index in [4.69, 9.17) is 0 Å². The molecule has 0 aliphatic heterocycles. The first-order valence-corrected chi connectivity index (χ1v) is 5.84. The summed E-state index contributed by atoms with van der Waals surface area (Å²) in [6.45, 7) is 10.0. The molecule has 1 amide bonds. The zero-order chi connectivity index (χ0) is 12.2. The number of carbonyl (C=O) groups is 1. The molecule has 0 heterocycles. The van der Waals surface area contributed by atoms with Gasteiger partial charge in [-0.1, -0.05) is 0 Å². The summed E-state index contributed by atoms with van der Waals surface area (Å²) < 4.78 is 1.38. The normalized spacial score (nSPS) is 9.20. The van der Waals surface area contributed by atoms with Gasteiger partial charge in [0.1, 0.15) is 0 Å². The Hall–Kier alpha value is -0.580. The summed E-state index contributed by atoms with van der Waals surface area (Å²) in [7, 11) is 0. The minimum Gasteiger partial charge on any atom is -0.370 e. The van der Waals surface area contributed by atoms with E-state index in [0.717, 1.165) is 0 Å². The van der Waals surface area contributed by atoms with Crippen molar-refractivity contribution in [1.29, 1.82) is 0 Å². The Labute approximate surface area is 105 Å². The molecule has 15 heavy (non-hydrogen) atoms. The fraction of sp³-hybridized carbons (Fsp3) is 0.417. The average molecular weight is 319 g/mol. The molecule has 84 valence electrons. The highest BCUT2D eigenvalue weighted by Crippen LogP contribution is 2.21. The molecule has 0 unspecified atom stereocenters. The minimum absolute atomic E-state index is 0.333. The molecule has 0 aliphatic rings. The van der Waals surface area contributed by atoms with Crippen LogP contribution in [0.5, 0.6) is 0 Å². The van der Waals surface area contributed by atoms with E-state index in [1.165, 1.54) is 32.7 Å². The Balaban J connectivity index is 0.000000423. The molecule has 1 aromatic carbocycles. The van der Waals surface area contributed by atoms with E-state index < -0.39 is 0 Å². The molecular weight excluding hydrogens is 301 g/mol. The van der Waals surface area contributed by atoms with E-state index in [0.29, 0.717) is 0 Å². The number of benzene rings is 1. The van der Waals surface area contributed by atoms with Crippen molar-refractivity contribution in [2.45, 2.75) is 34.6 Å². The molecule has 2 N–H and O–H groups in total. The molecule has 0 aromatic heterocycles. The monoisotopic (exact) mass is 319 g/mol. The van der Waals surface area contributed by atoms with Crippen LogP contribution < -0.4 is 5.73 Å². The topological polar surface area (TPSA) is 43.1 Å². The minimum atomic E-state index is -0.333. The van der Waals surface area contributed by atoms with Crippen molar-refractivity contribution < 1.29 is 4.79 Å². The number of nitrogens with two attached hydrogens (primary N) is 1. The molecule has 0 saturated carbocycles. The van der Waals surface area contributed by atoms with Gasteiger partial charge < -0.3 is 5.73 Å². The number of carbonyl (C=O) groups excluding carboxylic acids is 1. The van der Waals surface area contributed by atoms with E-state index in [1.807, 2.05) is 0 Å². The average Bonchev–Trinajstić information content (AvgIpc) is 2.11. The molecule has 0 bridgehead atoms. The maximum atomic E-state index is 9.22. The highest BCUT2D eigenvalue weighted by atomic mass is 127. The van der Waals surface area contributed by atoms with Crippen LogP contribution >= 0.6 is 22.6 Å². The SMILES string of the molecule is CC(N)=O.Cc1cc(I)c(C)c(C)c1C. The van der Waals surface area contributed by atoms with Gasteiger partial charge in [-0.3, -0.25) is 4.79 Å². The van der Waals surface area contributed by atoms with Gasteiger partial charge in [-0.15, -0.1) is 0 Å². The van der Waals surface area contributed by atoms with Crippen molar-refractivity contribution >= 4 is 28.5 Å². The second-order valence-electron chi connectivity index (χ2n) is 3.66. The lowest BCUT2D eigenvalue weighted by Crippen LogP contribution is -2.01. The summed E-state index contributed by atoms with van der Waals surface area (Å²) in [5.41, 5.74) is 10.2. The van der Waals surface area contributed by atoms with Crippen LogP contribution in [0.3, 0.4) is 0 Å². The maximum Gasteiger partial charge on any atom is 0.214 e. The predicted molar refractivity (Wildman–Crippen MR) is 73.0 cm³/mol. The van der Waals surface area contributed by atoms with Gasteiger partial charge in [0.25, 0.3) is 0 Å². The van der Waals surface area contributed by atoms with Gasteiger partial charge in [0.15, 0.2) is 0 Å². The molecule has 1 rings (SSSR count). The summed E-state index contributed by atoms with van der Waals surface area (Å²) in [4.78, 5) is 9.22. The van der Waals surface area contributed by atoms with E-state index in [9.17, 15) is 4.79 Å². The van der Waals surface area contributed by atoms with Crippen LogP contribution in [0.15, 0.2) is 6.07 Å². The number of halogens is 1. The Morgan fingerprint density at radius 3 is 1.93 bits per heavy atom. The molecular formula is C12H18INO. The van der Waals surface area contributed by atoms with E-state index >= 15 is 0 Å². The number of hydrogen-bond acceptors (Lipinski definition) is 1. The Kier molecular flexibility index (Phi) is 5.87. The van der Waals surface area contributed by atoms with Gasteiger partial charge in [0.2, 0.25) is 5.91 Å². The van der Waals surface area contributed by atoms with E-state index in [1.54, 1.807) is 0 Å². The number of amides is 1. The Morgan fingerprint density at radius 1 is 1.13 bits per heavy atom. The molecule has 2 nitrogen and oxygen atoms in total. The smallest absolute Gasteiger partial charge is 0.214 e. The van der Waals surface area contributed by atoms with Gasteiger partial charge in [-0.2, -0.15) is 0 Å². The van der Waals surface area contributed by atoms with Crippen molar-refractivity contribution in [2.75, 3.05) is 0 Å². The molecule has 0 spiro atoms. The third-order valence-electron chi connectivity index (χ3n) is 2.42. The Morgan fingerprint density at radius 2 is 1.53 bits per heavy atom. The second kappa shape index (κ2) is 6.10. The van der Waals surface area contributed by atoms with Gasteiger partial charge in [-0.05, 0) is 78.6 Å². The summed E-state index contributed by atoms with van der Waals surface area (Å²) in [6, 6.07) is 2.25. The molecule has 3 heteroatoms. The Bertz CT molecular complexity index is 342. The van der Waals surface area contributed by atoms with Gasteiger partial charge in [-0.25, -0.2) is 0 Å². The molecule has 0 radical (unpaired) electrons. The van der Waals surface area contributed by atoms with Crippen LogP contribution in [0.4, 0.5) is 0 Å². The second-order valence-corrected chi connectivity index (χ2v) is 4.82. The molecule has 0 atom stereocenters. The fourth-order valence-corrected chi connectivity index (χ4v) is 2.03. The highest BCUT2D eigenvalue weighted by Gasteiger charge is 2.03. The first kappa shape index (κ1) is 14.4. The molecule has 0 aliphatic carbocycles. The summed E-state index contributed by atoms with van der Waals surface area (Å²) in [5, 5.41) is 0. The lowest BCUT2D eigenvalue weighted by Gasteiger charge is -2.09. The number of primary amides is 1. The third-order valence-corrected chi connectivity index (χ3v) is 3.54. The van der Waals surface area contributed by atoms with E-state index in [2.05, 4.69) is 62.1 Å². The molecule has 1 aromatic rings. The molecule has 0 fully saturated rings. The van der Waals surface area contributed by atoms with E-state index in [-0.39, 0.29) is 5.91 Å². The standard InChI is InChI=1S/C10H13I.C2H5NO/c1-6-5-10(11)9(4)8(3)7(6)2;1-2(3)4/h5H,1-4H3;1H3,(H2,3,4). The lowest BCUT2D eigenvalue weighted by molar-refractivity contribution is -0.115. The first-order chi connectivity index (χ1) is 6.77. The zero-order valence-corrected chi connectivity index (χ0v) is 12.1. The number of aryl methyl sites for hydroxylation is 1. The number of hydrogen-bond donors (Lipinski definition) is 1. The van der Waals surface area contributed by atoms with Crippen LogP contribution in [-0.4, -0.2) is 5.91 Å². The van der Waals surface area contributed by atoms with Crippen molar-refractivity contribution in [3.8, 4) is 0 Å². The maximum absolute atomic E-state index is 9.22. The largest absolute Gasteiger partial charge is 0.370 e.